The molecule has 5 aromatic rings. The highest BCUT2D eigenvalue weighted by Crippen LogP contribution is 2.29. The van der Waals surface area contributed by atoms with E-state index in [2.05, 4.69) is 88.9 Å². The number of para-hydroxylation sites is 2. The first-order valence-corrected chi connectivity index (χ1v) is 11.1. The Morgan fingerprint density at radius 3 is 2.69 bits per heavy atom. The first kappa shape index (κ1) is 20.3. The van der Waals surface area contributed by atoms with Crippen molar-refractivity contribution in [3.63, 3.8) is 0 Å². The molecule has 5 rings (SSSR count). The smallest absolute Gasteiger partial charge is 0.124 e. The zero-order valence-electron chi connectivity index (χ0n) is 18.3. The van der Waals surface area contributed by atoms with Gasteiger partial charge in [0.2, 0.25) is 0 Å². The van der Waals surface area contributed by atoms with Crippen molar-refractivity contribution in [3.05, 3.63) is 107 Å². The van der Waals surface area contributed by atoms with Gasteiger partial charge >= 0.3 is 0 Å². The van der Waals surface area contributed by atoms with E-state index in [1.54, 1.807) is 0 Å². The molecule has 160 valence electrons. The van der Waals surface area contributed by atoms with Crippen molar-refractivity contribution in [2.75, 3.05) is 6.54 Å². The Hall–Kier alpha value is -3.63. The average Bonchev–Trinajstić information content (AvgIpc) is 3.24. The molecule has 4 aromatic carbocycles. The maximum Gasteiger partial charge on any atom is 0.124 e. The topological polar surface area (TPSA) is 49.9 Å². The summed E-state index contributed by atoms with van der Waals surface area (Å²) in [4.78, 5) is 8.08. The molecule has 4 heteroatoms. The molecule has 1 aromatic heterocycles. The molecule has 0 aliphatic heterocycles. The van der Waals surface area contributed by atoms with Crippen LogP contribution in [0.25, 0.3) is 21.8 Å². The molecular weight excluding hydrogens is 394 g/mol. The van der Waals surface area contributed by atoms with E-state index in [0.29, 0.717) is 6.61 Å². The number of fused-ring (bicyclic) bond motifs is 2. The molecule has 1 heterocycles. The summed E-state index contributed by atoms with van der Waals surface area (Å²) in [6, 6.07) is 29.3. The highest BCUT2D eigenvalue weighted by atomic mass is 16.5. The normalized spacial score (nSPS) is 11.3. The zero-order valence-corrected chi connectivity index (χ0v) is 18.3. The Morgan fingerprint density at radius 2 is 1.78 bits per heavy atom. The van der Waals surface area contributed by atoms with Crippen molar-refractivity contribution in [3.8, 4) is 5.75 Å². The van der Waals surface area contributed by atoms with E-state index in [1.807, 2.05) is 18.2 Å². The lowest BCUT2D eigenvalue weighted by atomic mass is 10.0. The largest absolute Gasteiger partial charge is 0.489 e. The van der Waals surface area contributed by atoms with E-state index in [1.165, 1.54) is 27.5 Å². The number of hydrogen-bond donors (Lipinski definition) is 2. The summed E-state index contributed by atoms with van der Waals surface area (Å²) >= 11 is 0. The van der Waals surface area contributed by atoms with E-state index in [9.17, 15) is 0 Å². The fraction of sp³-hybridized carbons (Fsp3) is 0.179. The van der Waals surface area contributed by atoms with Crippen LogP contribution in [0.1, 0.15) is 22.5 Å². The third-order valence-electron chi connectivity index (χ3n) is 5.75. The molecule has 0 saturated carbocycles. The monoisotopic (exact) mass is 421 g/mol. The van der Waals surface area contributed by atoms with Crippen LogP contribution in [-0.4, -0.2) is 16.5 Å². The van der Waals surface area contributed by atoms with Gasteiger partial charge in [-0.15, -0.1) is 0 Å². The number of nitrogens with zero attached hydrogens (tertiary/aromatic N) is 1. The zero-order chi connectivity index (χ0) is 21.8. The van der Waals surface area contributed by atoms with Crippen LogP contribution >= 0.6 is 0 Å². The molecule has 2 N–H and O–H groups in total. The Morgan fingerprint density at radius 1 is 0.906 bits per heavy atom. The Labute approximate surface area is 188 Å². The Balaban J connectivity index is 1.30. The van der Waals surface area contributed by atoms with Crippen LogP contribution in [0, 0.1) is 6.92 Å². The summed E-state index contributed by atoms with van der Waals surface area (Å²) in [5.41, 5.74) is 5.73. The summed E-state index contributed by atoms with van der Waals surface area (Å²) in [6.07, 6.45) is 0.846. The second-order valence-corrected chi connectivity index (χ2v) is 8.17. The van der Waals surface area contributed by atoms with Crippen LogP contribution < -0.4 is 10.1 Å². The molecule has 0 saturated heterocycles. The third kappa shape index (κ3) is 4.51. The molecule has 0 aliphatic rings. The van der Waals surface area contributed by atoms with Gasteiger partial charge in [-0.3, -0.25) is 0 Å². The molecule has 0 bridgehead atoms. The average molecular weight is 422 g/mol. The summed E-state index contributed by atoms with van der Waals surface area (Å²) < 4.78 is 6.28. The van der Waals surface area contributed by atoms with Gasteiger partial charge in [0.15, 0.2) is 0 Å². The predicted octanol–water partition coefficient (Wildman–Crippen LogP) is 5.94. The number of H-pyrrole nitrogens is 1. The summed E-state index contributed by atoms with van der Waals surface area (Å²) in [5, 5.41) is 6.05. The minimum Gasteiger partial charge on any atom is -0.489 e. The Bertz CT molecular complexity index is 1320. The molecule has 0 amide bonds. The predicted molar refractivity (Wildman–Crippen MR) is 131 cm³/mol. The van der Waals surface area contributed by atoms with Gasteiger partial charge in [-0.25, -0.2) is 4.98 Å². The maximum absolute atomic E-state index is 6.28. The van der Waals surface area contributed by atoms with Gasteiger partial charge in [-0.2, -0.15) is 0 Å². The first-order chi connectivity index (χ1) is 15.8. The SMILES string of the molecule is Cc1cccc(COc2ccc3ccccc3c2CNCCc2nc3ccccc3[nH]2)c1. The number of ether oxygens (including phenoxy) is 1. The Kier molecular flexibility index (Phi) is 5.86. The van der Waals surface area contributed by atoms with E-state index in [0.717, 1.165) is 42.1 Å². The first-order valence-electron chi connectivity index (χ1n) is 11.1. The summed E-state index contributed by atoms with van der Waals surface area (Å²) in [5.74, 6) is 1.94. The van der Waals surface area contributed by atoms with E-state index in [4.69, 9.17) is 4.74 Å². The number of aromatic nitrogens is 2. The van der Waals surface area contributed by atoms with E-state index >= 15 is 0 Å². The number of aryl methyl sites for hydroxylation is 1. The van der Waals surface area contributed by atoms with Crippen molar-refractivity contribution in [1.82, 2.24) is 15.3 Å². The lowest BCUT2D eigenvalue weighted by Crippen LogP contribution is -2.18. The van der Waals surface area contributed by atoms with Gasteiger partial charge in [-0.1, -0.05) is 72.3 Å². The van der Waals surface area contributed by atoms with Gasteiger partial charge in [0.1, 0.15) is 18.2 Å². The van der Waals surface area contributed by atoms with Crippen LogP contribution in [0.2, 0.25) is 0 Å². The summed E-state index contributed by atoms with van der Waals surface area (Å²) in [7, 11) is 0. The molecular formula is C28H27N3O. The highest BCUT2D eigenvalue weighted by Gasteiger charge is 2.10. The van der Waals surface area contributed by atoms with Gasteiger partial charge < -0.3 is 15.0 Å². The molecule has 0 unspecified atom stereocenters. The number of nitrogens with one attached hydrogen (secondary N) is 2. The van der Waals surface area contributed by atoms with Crippen LogP contribution in [0.3, 0.4) is 0 Å². The number of benzene rings is 4. The molecule has 0 radical (unpaired) electrons. The molecule has 32 heavy (non-hydrogen) atoms. The lowest BCUT2D eigenvalue weighted by molar-refractivity contribution is 0.302. The maximum atomic E-state index is 6.28. The van der Waals surface area contributed by atoms with Crippen LogP contribution in [0.5, 0.6) is 5.75 Å². The number of imidazole rings is 1. The van der Waals surface area contributed by atoms with Crippen molar-refractivity contribution in [1.29, 1.82) is 0 Å². The molecule has 0 aliphatic carbocycles. The van der Waals surface area contributed by atoms with Crippen molar-refractivity contribution >= 4 is 21.8 Å². The van der Waals surface area contributed by atoms with Crippen LogP contribution in [-0.2, 0) is 19.6 Å². The quantitative estimate of drug-likeness (QED) is 0.305. The number of rotatable bonds is 8. The second kappa shape index (κ2) is 9.25. The van der Waals surface area contributed by atoms with Crippen LogP contribution in [0.4, 0.5) is 0 Å². The number of hydrogen-bond acceptors (Lipinski definition) is 3. The minimum absolute atomic E-state index is 0.562. The third-order valence-corrected chi connectivity index (χ3v) is 5.75. The molecule has 0 spiro atoms. The standard InChI is InChI=1S/C28H27N3O/c1-20-7-6-8-21(17-20)19-32-27-14-13-22-9-2-3-10-23(22)24(27)18-29-16-15-28-30-25-11-4-5-12-26(25)31-28/h2-14,17,29H,15-16,18-19H2,1H3,(H,30,31). The lowest BCUT2D eigenvalue weighted by Gasteiger charge is -2.15. The summed E-state index contributed by atoms with van der Waals surface area (Å²) in [6.45, 7) is 4.24. The van der Waals surface area contributed by atoms with Crippen LogP contribution in [0.15, 0.2) is 84.9 Å². The molecule has 4 nitrogen and oxygen atoms in total. The second-order valence-electron chi connectivity index (χ2n) is 8.17. The van der Waals surface area contributed by atoms with Gasteiger partial charge in [-0.05, 0) is 41.5 Å². The van der Waals surface area contributed by atoms with E-state index in [-0.39, 0.29) is 0 Å². The number of aromatic amines is 1. The fourth-order valence-electron chi connectivity index (χ4n) is 4.14. The van der Waals surface area contributed by atoms with Gasteiger partial charge in [0, 0.05) is 25.1 Å². The van der Waals surface area contributed by atoms with Crippen molar-refractivity contribution < 1.29 is 4.74 Å². The van der Waals surface area contributed by atoms with Crippen molar-refractivity contribution in [2.45, 2.75) is 26.5 Å². The van der Waals surface area contributed by atoms with E-state index < -0.39 is 0 Å². The highest BCUT2D eigenvalue weighted by molar-refractivity contribution is 5.87. The molecule has 0 atom stereocenters. The minimum atomic E-state index is 0.562. The van der Waals surface area contributed by atoms with Gasteiger partial charge in [0.25, 0.3) is 0 Å². The van der Waals surface area contributed by atoms with Crippen molar-refractivity contribution in [2.24, 2.45) is 0 Å². The van der Waals surface area contributed by atoms with Gasteiger partial charge in [0.05, 0.1) is 11.0 Å². The fourth-order valence-corrected chi connectivity index (χ4v) is 4.14. The molecule has 0 fully saturated rings.